The van der Waals surface area contributed by atoms with Gasteiger partial charge in [-0.2, -0.15) is 0 Å². The van der Waals surface area contributed by atoms with Gasteiger partial charge in [-0.25, -0.2) is 4.98 Å². The normalized spacial score (nSPS) is 11.6. The highest BCUT2D eigenvalue weighted by molar-refractivity contribution is 7.15. The van der Waals surface area contributed by atoms with Gasteiger partial charge in [0.15, 0.2) is 0 Å². The van der Waals surface area contributed by atoms with Crippen molar-refractivity contribution in [2.45, 2.75) is 26.3 Å². The Hall–Kier alpha value is -1.39. The fourth-order valence-electron chi connectivity index (χ4n) is 1.85. The largest absolute Gasteiger partial charge is 0.497 e. The van der Waals surface area contributed by atoms with Crippen LogP contribution in [0.2, 0.25) is 0 Å². The first-order valence-electron chi connectivity index (χ1n) is 5.83. The Morgan fingerprint density at radius 3 is 2.28 bits per heavy atom. The third-order valence-corrected chi connectivity index (χ3v) is 4.26. The molecule has 2 aromatic rings. The van der Waals surface area contributed by atoms with Gasteiger partial charge in [0, 0.05) is 16.0 Å². The van der Waals surface area contributed by atoms with E-state index in [4.69, 9.17) is 10.5 Å². The highest BCUT2D eigenvalue weighted by Crippen LogP contribution is 2.33. The second-order valence-corrected chi connectivity index (χ2v) is 5.88. The molecule has 0 aliphatic heterocycles. The molecule has 1 aromatic heterocycles. The lowest BCUT2D eigenvalue weighted by molar-refractivity contribution is 0.415. The lowest BCUT2D eigenvalue weighted by atomic mass is 10.0. The van der Waals surface area contributed by atoms with Crippen LogP contribution >= 0.6 is 11.3 Å². The molecular weight excluding hydrogens is 244 g/mol. The van der Waals surface area contributed by atoms with Crippen molar-refractivity contribution in [2.24, 2.45) is 5.73 Å². The number of hydrogen-bond donors (Lipinski definition) is 1. The lowest BCUT2D eigenvalue weighted by Crippen LogP contribution is -2.28. The number of benzene rings is 1. The second-order valence-electron chi connectivity index (χ2n) is 4.88. The van der Waals surface area contributed by atoms with E-state index in [9.17, 15) is 0 Å². The smallest absolute Gasteiger partial charge is 0.123 e. The van der Waals surface area contributed by atoms with Crippen LogP contribution in [0.4, 0.5) is 0 Å². The molecule has 0 aliphatic rings. The number of ether oxygens (including phenoxy) is 1. The van der Waals surface area contributed by atoms with E-state index in [0.29, 0.717) is 0 Å². The van der Waals surface area contributed by atoms with E-state index in [1.807, 2.05) is 45.0 Å². The van der Waals surface area contributed by atoms with Crippen molar-refractivity contribution in [1.29, 1.82) is 0 Å². The summed E-state index contributed by atoms with van der Waals surface area (Å²) in [5, 5.41) is 1.00. The van der Waals surface area contributed by atoms with Crippen LogP contribution in [0.25, 0.3) is 10.6 Å². The van der Waals surface area contributed by atoms with E-state index in [0.717, 1.165) is 26.9 Å². The van der Waals surface area contributed by atoms with Crippen LogP contribution in [-0.2, 0) is 5.54 Å². The molecule has 1 aromatic carbocycles. The second kappa shape index (κ2) is 4.71. The van der Waals surface area contributed by atoms with Crippen molar-refractivity contribution < 1.29 is 4.74 Å². The van der Waals surface area contributed by atoms with Gasteiger partial charge in [0.1, 0.15) is 10.8 Å². The number of methoxy groups -OCH3 is 1. The van der Waals surface area contributed by atoms with Crippen molar-refractivity contribution in [3.05, 3.63) is 34.8 Å². The topological polar surface area (TPSA) is 48.1 Å². The molecule has 0 spiro atoms. The van der Waals surface area contributed by atoms with Crippen molar-refractivity contribution in [3.8, 4) is 16.3 Å². The molecule has 1 heterocycles. The molecule has 0 amide bonds. The molecule has 4 heteroatoms. The Morgan fingerprint density at radius 1 is 1.22 bits per heavy atom. The van der Waals surface area contributed by atoms with Crippen LogP contribution in [0.15, 0.2) is 24.3 Å². The predicted molar refractivity (Wildman–Crippen MR) is 76.1 cm³/mol. The summed E-state index contributed by atoms with van der Waals surface area (Å²) >= 11 is 1.66. The highest BCUT2D eigenvalue weighted by Gasteiger charge is 2.21. The number of nitrogens with two attached hydrogens (primary N) is 1. The van der Waals surface area contributed by atoms with Crippen LogP contribution in [0.1, 0.15) is 24.4 Å². The molecule has 2 rings (SSSR count). The Balaban J connectivity index is 2.39. The average Bonchev–Trinajstić information content (AvgIpc) is 2.71. The average molecular weight is 262 g/mol. The third-order valence-electron chi connectivity index (χ3n) is 2.72. The molecule has 0 atom stereocenters. The Morgan fingerprint density at radius 2 is 1.83 bits per heavy atom. The first-order chi connectivity index (χ1) is 8.41. The van der Waals surface area contributed by atoms with Gasteiger partial charge < -0.3 is 10.5 Å². The molecule has 0 saturated heterocycles. The Kier molecular flexibility index (Phi) is 3.41. The number of hydrogen-bond acceptors (Lipinski definition) is 4. The lowest BCUT2D eigenvalue weighted by Gasteiger charge is -2.16. The van der Waals surface area contributed by atoms with Crippen LogP contribution in [-0.4, -0.2) is 12.1 Å². The van der Waals surface area contributed by atoms with Gasteiger partial charge in [0.25, 0.3) is 0 Å². The van der Waals surface area contributed by atoms with E-state index in [-0.39, 0.29) is 5.54 Å². The minimum absolute atomic E-state index is 0.341. The summed E-state index contributed by atoms with van der Waals surface area (Å²) in [5.74, 6) is 0.853. The first kappa shape index (κ1) is 13.1. The van der Waals surface area contributed by atoms with E-state index >= 15 is 0 Å². The summed E-state index contributed by atoms with van der Waals surface area (Å²) < 4.78 is 5.15. The maximum Gasteiger partial charge on any atom is 0.123 e. The van der Waals surface area contributed by atoms with Crippen molar-refractivity contribution >= 4 is 11.3 Å². The molecule has 0 radical (unpaired) electrons. The first-order valence-corrected chi connectivity index (χ1v) is 6.64. The van der Waals surface area contributed by atoms with Gasteiger partial charge in [-0.3, -0.25) is 0 Å². The summed E-state index contributed by atoms with van der Waals surface area (Å²) in [4.78, 5) is 5.73. The van der Waals surface area contributed by atoms with Gasteiger partial charge in [-0.15, -0.1) is 11.3 Å². The number of thiazole rings is 1. The van der Waals surface area contributed by atoms with E-state index in [1.54, 1.807) is 18.4 Å². The Bertz CT molecular complexity index is 538. The molecule has 0 saturated carbocycles. The summed E-state index contributed by atoms with van der Waals surface area (Å²) in [6.07, 6.45) is 0. The zero-order valence-corrected chi connectivity index (χ0v) is 12.0. The number of aromatic nitrogens is 1. The fraction of sp³-hybridized carbons (Fsp3) is 0.357. The van der Waals surface area contributed by atoms with Gasteiger partial charge in [-0.05, 0) is 45.0 Å². The molecule has 96 valence electrons. The molecule has 0 unspecified atom stereocenters. The molecule has 0 fully saturated rings. The summed E-state index contributed by atoms with van der Waals surface area (Å²) in [5.41, 5.74) is 7.91. The minimum Gasteiger partial charge on any atom is -0.497 e. The zero-order chi connectivity index (χ0) is 13.3. The highest BCUT2D eigenvalue weighted by atomic mass is 32.1. The van der Waals surface area contributed by atoms with Crippen molar-refractivity contribution in [3.63, 3.8) is 0 Å². The number of nitrogens with zero attached hydrogens (tertiary/aromatic N) is 1. The third kappa shape index (κ3) is 2.54. The number of rotatable bonds is 3. The van der Waals surface area contributed by atoms with Crippen LogP contribution in [0.3, 0.4) is 0 Å². The van der Waals surface area contributed by atoms with Gasteiger partial charge in [0.05, 0.1) is 12.8 Å². The SMILES string of the molecule is COc1ccc(-c2nc(C)c(C(C)(C)N)s2)cc1. The van der Waals surface area contributed by atoms with Gasteiger partial charge in [0.2, 0.25) is 0 Å². The zero-order valence-electron chi connectivity index (χ0n) is 11.2. The summed E-state index contributed by atoms with van der Waals surface area (Å²) in [7, 11) is 1.66. The molecular formula is C14H18N2OS. The maximum absolute atomic E-state index is 6.15. The molecule has 0 aliphatic carbocycles. The van der Waals surface area contributed by atoms with E-state index < -0.39 is 0 Å². The molecule has 3 nitrogen and oxygen atoms in total. The predicted octanol–water partition coefficient (Wildman–Crippen LogP) is 3.32. The van der Waals surface area contributed by atoms with Crippen LogP contribution in [0, 0.1) is 6.92 Å². The van der Waals surface area contributed by atoms with Crippen LogP contribution in [0.5, 0.6) is 5.75 Å². The summed E-state index contributed by atoms with van der Waals surface area (Å²) in [6, 6.07) is 7.92. The standard InChI is InChI=1S/C14H18N2OS/c1-9-12(14(2,3)15)18-13(16-9)10-5-7-11(17-4)8-6-10/h5-8H,15H2,1-4H3. The van der Waals surface area contributed by atoms with E-state index in [1.165, 1.54) is 0 Å². The molecule has 18 heavy (non-hydrogen) atoms. The molecule has 0 bridgehead atoms. The van der Waals surface area contributed by atoms with Crippen molar-refractivity contribution in [2.75, 3.05) is 7.11 Å². The fourth-order valence-corrected chi connectivity index (χ4v) is 2.94. The number of aryl methyl sites for hydroxylation is 1. The Labute approximate surface area is 112 Å². The molecule has 2 N–H and O–H groups in total. The van der Waals surface area contributed by atoms with Crippen LogP contribution < -0.4 is 10.5 Å². The van der Waals surface area contributed by atoms with Gasteiger partial charge >= 0.3 is 0 Å². The minimum atomic E-state index is -0.341. The maximum atomic E-state index is 6.15. The quantitative estimate of drug-likeness (QED) is 0.923. The summed E-state index contributed by atoms with van der Waals surface area (Å²) in [6.45, 7) is 6.02. The van der Waals surface area contributed by atoms with E-state index in [2.05, 4.69) is 4.98 Å². The van der Waals surface area contributed by atoms with Crippen molar-refractivity contribution in [1.82, 2.24) is 4.98 Å². The monoisotopic (exact) mass is 262 g/mol. The van der Waals surface area contributed by atoms with Gasteiger partial charge in [-0.1, -0.05) is 0 Å².